The molecule has 0 amide bonds. The summed E-state index contributed by atoms with van der Waals surface area (Å²) in [5.74, 6) is 0. The Morgan fingerprint density at radius 1 is 0.404 bits per heavy atom. The molecule has 8 aromatic carbocycles. The Balaban J connectivity index is 1.36. The molecule has 0 unspecified atom stereocenters. The van der Waals surface area contributed by atoms with Crippen molar-refractivity contribution >= 4 is 27.8 Å². The van der Waals surface area contributed by atoms with E-state index in [1.54, 1.807) is 0 Å². The summed E-state index contributed by atoms with van der Waals surface area (Å²) in [6.07, 6.45) is 4.84. The molecule has 52 heavy (non-hydrogen) atoms. The Kier molecular flexibility index (Phi) is 7.39. The lowest BCUT2D eigenvalue weighted by Crippen LogP contribution is -2.28. The number of nitrogens with zero attached hydrogens (tertiary/aromatic N) is 1. The molecule has 0 atom stereocenters. The highest BCUT2D eigenvalue weighted by Crippen LogP contribution is 2.59. The Hall–Kier alpha value is -6.18. The number of para-hydroxylation sites is 1. The van der Waals surface area contributed by atoms with Crippen LogP contribution in [0.5, 0.6) is 0 Å². The summed E-state index contributed by atoms with van der Waals surface area (Å²) >= 11 is 0. The third kappa shape index (κ3) is 4.77. The van der Waals surface area contributed by atoms with E-state index < -0.39 is 5.41 Å². The number of fused-ring (bicyclic) bond motifs is 5. The fourth-order valence-corrected chi connectivity index (χ4v) is 9.18. The first-order chi connectivity index (χ1) is 25.8. The monoisotopic (exact) mass is 665 g/mol. The molecule has 0 heterocycles. The van der Waals surface area contributed by atoms with Gasteiger partial charge >= 0.3 is 0 Å². The minimum atomic E-state index is -0.501. The van der Waals surface area contributed by atoms with E-state index in [0.29, 0.717) is 0 Å². The average molecular weight is 666 g/mol. The molecule has 1 heteroatoms. The molecule has 0 aliphatic heterocycles. The van der Waals surface area contributed by atoms with Crippen molar-refractivity contribution in [2.45, 2.75) is 31.1 Å². The molecule has 10 rings (SSSR count). The van der Waals surface area contributed by atoms with Gasteiger partial charge in [0.1, 0.15) is 0 Å². The first kappa shape index (κ1) is 30.6. The molecule has 0 bridgehead atoms. The van der Waals surface area contributed by atoms with Gasteiger partial charge in [-0.15, -0.1) is 0 Å². The minimum Gasteiger partial charge on any atom is -0.309 e. The van der Waals surface area contributed by atoms with E-state index in [1.807, 2.05) is 0 Å². The molecule has 0 N–H and O–H groups in total. The molecule has 8 aromatic rings. The van der Waals surface area contributed by atoms with E-state index in [-0.39, 0.29) is 0 Å². The minimum absolute atomic E-state index is 0.501. The number of benzene rings is 8. The Labute approximate surface area is 306 Å². The fourth-order valence-electron chi connectivity index (χ4n) is 9.18. The SMILES string of the molecule is c1ccc(N(c2cc3c(cc2-c2ccc4c(c2)CCCC4)-c2ccccc2C3(c2ccccc2)c2ccccc2)c2cccc3ccccc23)cc1. The first-order valence-electron chi connectivity index (χ1n) is 18.7. The van der Waals surface area contributed by atoms with Gasteiger partial charge in [0.25, 0.3) is 0 Å². The summed E-state index contributed by atoms with van der Waals surface area (Å²) < 4.78 is 0. The Morgan fingerprint density at radius 2 is 1.04 bits per heavy atom. The highest BCUT2D eigenvalue weighted by atomic mass is 15.1. The van der Waals surface area contributed by atoms with Crippen molar-refractivity contribution in [1.82, 2.24) is 0 Å². The lowest BCUT2D eigenvalue weighted by atomic mass is 9.67. The molecule has 0 fully saturated rings. The standard InChI is InChI=1S/C51H39N/c1-4-21-40(22-5-1)51(41-23-6-2-7-24-41)47-29-15-14-28-44(47)46-34-45(39-32-31-36-17-10-11-19-38(36)33-39)50(35-48(46)51)52(42-25-8-3-9-26-42)49-30-16-20-37-18-12-13-27-43(37)49/h1-9,12-16,18,20-35H,10-11,17,19H2. The quantitative estimate of drug-likeness (QED) is 0.171. The lowest BCUT2D eigenvalue weighted by Gasteiger charge is -2.35. The lowest BCUT2D eigenvalue weighted by molar-refractivity contribution is 0.686. The van der Waals surface area contributed by atoms with E-state index in [1.165, 1.54) is 97.0 Å². The van der Waals surface area contributed by atoms with Crippen LogP contribution in [-0.4, -0.2) is 0 Å². The molecule has 0 spiro atoms. The zero-order valence-corrected chi connectivity index (χ0v) is 29.2. The highest BCUT2D eigenvalue weighted by Gasteiger charge is 2.46. The van der Waals surface area contributed by atoms with Gasteiger partial charge in [-0.2, -0.15) is 0 Å². The number of aryl methyl sites for hydroxylation is 2. The van der Waals surface area contributed by atoms with Crippen molar-refractivity contribution in [2.24, 2.45) is 0 Å². The van der Waals surface area contributed by atoms with Gasteiger partial charge in [0, 0.05) is 16.6 Å². The van der Waals surface area contributed by atoms with Crippen LogP contribution in [0.25, 0.3) is 33.0 Å². The van der Waals surface area contributed by atoms with Crippen LogP contribution in [0.15, 0.2) is 188 Å². The summed E-state index contributed by atoms with van der Waals surface area (Å²) in [6, 6.07) is 70.2. The average Bonchev–Trinajstić information content (AvgIpc) is 3.51. The third-order valence-corrected chi connectivity index (χ3v) is 11.5. The highest BCUT2D eigenvalue weighted by molar-refractivity contribution is 6.03. The predicted molar refractivity (Wildman–Crippen MR) is 218 cm³/mol. The summed E-state index contributed by atoms with van der Waals surface area (Å²) in [5, 5.41) is 2.46. The van der Waals surface area contributed by atoms with Gasteiger partial charge in [-0.05, 0) is 111 Å². The summed E-state index contributed by atoms with van der Waals surface area (Å²) in [6.45, 7) is 0. The molecular weight excluding hydrogens is 627 g/mol. The smallest absolute Gasteiger partial charge is 0.0714 e. The zero-order valence-electron chi connectivity index (χ0n) is 29.2. The third-order valence-electron chi connectivity index (χ3n) is 11.5. The number of rotatable bonds is 6. The Bertz CT molecular complexity index is 2520. The summed E-state index contributed by atoms with van der Waals surface area (Å²) in [4.78, 5) is 2.52. The molecule has 1 nitrogen and oxygen atoms in total. The van der Waals surface area contributed by atoms with E-state index in [4.69, 9.17) is 0 Å². The largest absolute Gasteiger partial charge is 0.309 e. The number of hydrogen-bond acceptors (Lipinski definition) is 1. The molecule has 2 aliphatic rings. The van der Waals surface area contributed by atoms with Crippen molar-refractivity contribution in [3.63, 3.8) is 0 Å². The summed E-state index contributed by atoms with van der Waals surface area (Å²) in [7, 11) is 0. The second kappa shape index (κ2) is 12.5. The molecule has 2 aliphatic carbocycles. The second-order valence-corrected chi connectivity index (χ2v) is 14.3. The maximum absolute atomic E-state index is 2.54. The van der Waals surface area contributed by atoms with Crippen molar-refractivity contribution < 1.29 is 0 Å². The van der Waals surface area contributed by atoms with E-state index in [2.05, 4.69) is 193 Å². The van der Waals surface area contributed by atoms with Crippen LogP contribution < -0.4 is 4.90 Å². The second-order valence-electron chi connectivity index (χ2n) is 14.3. The van der Waals surface area contributed by atoms with Crippen molar-refractivity contribution in [2.75, 3.05) is 4.90 Å². The maximum Gasteiger partial charge on any atom is 0.0714 e. The number of anilines is 3. The molecule has 0 radical (unpaired) electrons. The van der Waals surface area contributed by atoms with Crippen LogP contribution in [0.2, 0.25) is 0 Å². The van der Waals surface area contributed by atoms with Crippen LogP contribution in [-0.2, 0) is 18.3 Å². The van der Waals surface area contributed by atoms with Crippen LogP contribution in [0.3, 0.4) is 0 Å². The van der Waals surface area contributed by atoms with Crippen LogP contribution in [0.1, 0.15) is 46.2 Å². The predicted octanol–water partition coefficient (Wildman–Crippen LogP) is 13.2. The van der Waals surface area contributed by atoms with Crippen LogP contribution >= 0.6 is 0 Å². The van der Waals surface area contributed by atoms with Gasteiger partial charge in [-0.25, -0.2) is 0 Å². The van der Waals surface area contributed by atoms with Gasteiger partial charge < -0.3 is 4.90 Å². The van der Waals surface area contributed by atoms with Crippen molar-refractivity contribution in [1.29, 1.82) is 0 Å². The van der Waals surface area contributed by atoms with Gasteiger partial charge in [0.05, 0.1) is 16.8 Å². The molecule has 0 aromatic heterocycles. The first-order valence-corrected chi connectivity index (χ1v) is 18.7. The van der Waals surface area contributed by atoms with Gasteiger partial charge in [0.2, 0.25) is 0 Å². The summed E-state index contributed by atoms with van der Waals surface area (Å²) in [5.41, 5.74) is 16.3. The van der Waals surface area contributed by atoms with Gasteiger partial charge in [-0.1, -0.05) is 158 Å². The molecular formula is C51H39N. The molecule has 248 valence electrons. The molecule has 0 saturated carbocycles. The van der Waals surface area contributed by atoms with E-state index in [0.717, 1.165) is 12.1 Å². The number of hydrogen-bond donors (Lipinski definition) is 0. The fraction of sp³-hybridized carbons (Fsp3) is 0.0980. The van der Waals surface area contributed by atoms with Gasteiger partial charge in [-0.3, -0.25) is 0 Å². The Morgan fingerprint density at radius 3 is 1.81 bits per heavy atom. The maximum atomic E-state index is 2.54. The zero-order chi connectivity index (χ0) is 34.5. The molecule has 0 saturated heterocycles. The van der Waals surface area contributed by atoms with Crippen molar-refractivity contribution in [3.8, 4) is 22.3 Å². The van der Waals surface area contributed by atoms with Crippen LogP contribution in [0, 0.1) is 0 Å². The topological polar surface area (TPSA) is 3.24 Å². The normalized spacial score (nSPS) is 14.0. The van der Waals surface area contributed by atoms with Crippen LogP contribution in [0.4, 0.5) is 17.1 Å². The van der Waals surface area contributed by atoms with Gasteiger partial charge in [0.15, 0.2) is 0 Å². The van der Waals surface area contributed by atoms with Crippen molar-refractivity contribution in [3.05, 3.63) is 221 Å². The van der Waals surface area contributed by atoms with E-state index in [9.17, 15) is 0 Å². The van der Waals surface area contributed by atoms with E-state index >= 15 is 0 Å².